The largest absolute Gasteiger partial charge is 0.357 e. The Kier molecular flexibility index (Phi) is 6.87. The maximum atomic E-state index is 5.28. The molecule has 4 nitrogen and oxygen atoms in total. The third-order valence-corrected chi connectivity index (χ3v) is 11.0. The highest BCUT2D eigenvalue weighted by Gasteiger charge is 2.46. The molecule has 4 aromatic carbocycles. The molecule has 50 heavy (non-hydrogen) atoms. The number of nitrogens with zero attached hydrogens (tertiary/aromatic N) is 4. The third-order valence-electron chi connectivity index (χ3n) is 11.0. The minimum Gasteiger partial charge on any atom is -0.357 e. The second-order valence-corrected chi connectivity index (χ2v) is 13.7. The summed E-state index contributed by atoms with van der Waals surface area (Å²) < 4.78 is 0. The summed E-state index contributed by atoms with van der Waals surface area (Å²) >= 11 is 0. The van der Waals surface area contributed by atoms with Crippen LogP contribution in [0, 0.1) is 11.8 Å². The molecule has 3 aliphatic carbocycles. The number of fused-ring (bicyclic) bond motifs is 6. The van der Waals surface area contributed by atoms with E-state index in [0.717, 1.165) is 28.5 Å². The van der Waals surface area contributed by atoms with Crippen molar-refractivity contribution < 1.29 is 0 Å². The Bertz CT molecular complexity index is 2210. The smallest absolute Gasteiger partial charge is 0.231 e. The first-order valence-electron chi connectivity index (χ1n) is 17.7. The monoisotopic (exact) mass is 644 g/mol. The minimum absolute atomic E-state index is 0.0920. The van der Waals surface area contributed by atoms with E-state index in [1.165, 1.54) is 28.1 Å². The summed E-state index contributed by atoms with van der Waals surface area (Å²) in [7, 11) is 0. The maximum Gasteiger partial charge on any atom is 0.231 e. The van der Waals surface area contributed by atoms with Crippen LogP contribution >= 0.6 is 0 Å². The third kappa shape index (κ3) is 4.74. The van der Waals surface area contributed by atoms with Gasteiger partial charge in [-0.3, -0.25) is 0 Å². The molecular formula is C46H36N4. The summed E-state index contributed by atoms with van der Waals surface area (Å²) in [6.45, 7) is 0. The molecule has 240 valence electrons. The quantitative estimate of drug-likeness (QED) is 0.191. The van der Waals surface area contributed by atoms with E-state index in [1.54, 1.807) is 0 Å². The van der Waals surface area contributed by atoms with Crippen LogP contribution < -0.4 is 9.80 Å². The molecule has 2 aliphatic heterocycles. The molecule has 0 N–H and O–H groups in total. The van der Waals surface area contributed by atoms with Gasteiger partial charge in [-0.2, -0.15) is 0 Å². The molecule has 6 unspecified atom stereocenters. The van der Waals surface area contributed by atoms with Gasteiger partial charge in [0.25, 0.3) is 0 Å². The van der Waals surface area contributed by atoms with Crippen molar-refractivity contribution in [1.82, 2.24) is 9.97 Å². The van der Waals surface area contributed by atoms with Gasteiger partial charge in [-0.1, -0.05) is 158 Å². The van der Waals surface area contributed by atoms with Gasteiger partial charge in [0.2, 0.25) is 5.95 Å². The van der Waals surface area contributed by atoms with Crippen molar-refractivity contribution in [3.05, 3.63) is 193 Å². The SMILES string of the molecule is C1=CC2c3ccc(C4=CC5C6C=CC=CC6N(c6ccccc6)C5C=C4)cc3N(c3nc(-c4ccccc4)cc(-c4ccccc4)n3)C2C=C1. The van der Waals surface area contributed by atoms with Crippen molar-refractivity contribution in [1.29, 1.82) is 0 Å². The predicted octanol–water partition coefficient (Wildman–Crippen LogP) is 10.1. The molecule has 1 fully saturated rings. The Labute approximate surface area is 293 Å². The van der Waals surface area contributed by atoms with Crippen molar-refractivity contribution in [3.8, 4) is 22.5 Å². The summed E-state index contributed by atoms with van der Waals surface area (Å²) in [6.07, 6.45) is 25.5. The highest BCUT2D eigenvalue weighted by atomic mass is 15.3. The molecule has 1 aromatic heterocycles. The standard InChI is InChI=1S/C46H36N4/c1-4-14-31(15-5-1)40-30-41(32-16-6-2-7-17-32)48-46(47-40)50-43-23-13-10-20-36(43)38-26-24-34(29-45(38)50)33-25-27-44-39(28-33)37-21-11-12-22-42(37)49(44)35-18-8-3-9-19-35/h1-30,36-37,39,42-44H. The Morgan fingerprint density at radius 3 is 1.84 bits per heavy atom. The van der Waals surface area contributed by atoms with E-state index < -0.39 is 0 Å². The zero-order chi connectivity index (χ0) is 33.0. The van der Waals surface area contributed by atoms with Crippen LogP contribution in [0.5, 0.6) is 0 Å². The molecule has 3 heterocycles. The van der Waals surface area contributed by atoms with Crippen LogP contribution in [0.25, 0.3) is 28.1 Å². The van der Waals surface area contributed by atoms with E-state index in [9.17, 15) is 0 Å². The Balaban J connectivity index is 1.08. The van der Waals surface area contributed by atoms with Gasteiger partial charge in [-0.15, -0.1) is 0 Å². The highest BCUT2D eigenvalue weighted by Crippen LogP contribution is 2.50. The normalized spacial score (nSPS) is 25.2. The number of benzene rings is 4. The van der Waals surface area contributed by atoms with Gasteiger partial charge in [0.1, 0.15) is 0 Å². The van der Waals surface area contributed by atoms with Crippen LogP contribution in [0.1, 0.15) is 17.0 Å². The predicted molar refractivity (Wildman–Crippen MR) is 205 cm³/mol. The van der Waals surface area contributed by atoms with E-state index in [1.807, 2.05) is 0 Å². The average molecular weight is 645 g/mol. The van der Waals surface area contributed by atoms with Crippen molar-refractivity contribution >= 4 is 22.9 Å². The number of aromatic nitrogens is 2. The summed E-state index contributed by atoms with van der Waals surface area (Å²) in [4.78, 5) is 15.5. The molecule has 1 saturated heterocycles. The Morgan fingerprint density at radius 2 is 1.12 bits per heavy atom. The van der Waals surface area contributed by atoms with Crippen LogP contribution in [0.4, 0.5) is 17.3 Å². The van der Waals surface area contributed by atoms with Crippen molar-refractivity contribution in [3.63, 3.8) is 0 Å². The van der Waals surface area contributed by atoms with E-state index in [0.29, 0.717) is 23.9 Å². The van der Waals surface area contributed by atoms with Gasteiger partial charge in [-0.05, 0) is 41.0 Å². The minimum atomic E-state index is 0.0920. The zero-order valence-corrected chi connectivity index (χ0v) is 27.6. The fourth-order valence-electron chi connectivity index (χ4n) is 8.69. The van der Waals surface area contributed by atoms with E-state index in [-0.39, 0.29) is 12.0 Å². The molecule has 4 heteroatoms. The van der Waals surface area contributed by atoms with Crippen molar-refractivity contribution in [2.45, 2.75) is 24.0 Å². The van der Waals surface area contributed by atoms with Crippen molar-refractivity contribution in [2.75, 3.05) is 9.80 Å². The van der Waals surface area contributed by atoms with Crippen LogP contribution in [0.15, 0.2) is 182 Å². The molecular weight excluding hydrogens is 609 g/mol. The first kappa shape index (κ1) is 29.0. The first-order valence-corrected chi connectivity index (χ1v) is 17.7. The second-order valence-electron chi connectivity index (χ2n) is 13.7. The molecule has 0 bridgehead atoms. The maximum absolute atomic E-state index is 5.28. The molecule has 5 aliphatic rings. The van der Waals surface area contributed by atoms with Crippen LogP contribution in [0.3, 0.4) is 0 Å². The van der Waals surface area contributed by atoms with Crippen molar-refractivity contribution in [2.24, 2.45) is 11.8 Å². The number of anilines is 3. The molecule has 5 aromatic rings. The fraction of sp³-hybridized carbons (Fsp3) is 0.130. The average Bonchev–Trinajstić information content (AvgIpc) is 3.71. The first-order chi connectivity index (χ1) is 24.8. The molecule has 10 rings (SSSR count). The number of hydrogen-bond donors (Lipinski definition) is 0. The summed E-state index contributed by atoms with van der Waals surface area (Å²) in [5.41, 5.74) is 10.3. The Morgan fingerprint density at radius 1 is 0.500 bits per heavy atom. The van der Waals surface area contributed by atoms with Gasteiger partial charge >= 0.3 is 0 Å². The summed E-state index contributed by atoms with van der Waals surface area (Å²) in [5.74, 6) is 1.74. The van der Waals surface area contributed by atoms with Crippen LogP contribution in [-0.2, 0) is 0 Å². The lowest BCUT2D eigenvalue weighted by Crippen LogP contribution is -2.36. The summed E-state index contributed by atoms with van der Waals surface area (Å²) in [6, 6.07) is 41.7. The number of rotatable bonds is 5. The van der Waals surface area contributed by atoms with E-state index in [4.69, 9.17) is 9.97 Å². The molecule has 0 spiro atoms. The Hall–Kier alpha value is -6.00. The van der Waals surface area contributed by atoms with Gasteiger partial charge in [0.15, 0.2) is 0 Å². The lowest BCUT2D eigenvalue weighted by molar-refractivity contribution is 0.528. The van der Waals surface area contributed by atoms with Gasteiger partial charge in [0.05, 0.1) is 29.5 Å². The molecule has 0 amide bonds. The zero-order valence-electron chi connectivity index (χ0n) is 27.6. The number of allylic oxidation sites excluding steroid dienone is 6. The number of hydrogen-bond acceptors (Lipinski definition) is 4. The van der Waals surface area contributed by atoms with Gasteiger partial charge in [-0.25, -0.2) is 9.97 Å². The van der Waals surface area contributed by atoms with E-state index in [2.05, 4.69) is 192 Å². The van der Waals surface area contributed by atoms with Crippen LogP contribution in [-0.4, -0.2) is 28.1 Å². The van der Waals surface area contributed by atoms with Crippen LogP contribution in [0.2, 0.25) is 0 Å². The van der Waals surface area contributed by atoms with Gasteiger partial charge < -0.3 is 9.80 Å². The molecule has 0 radical (unpaired) electrons. The van der Waals surface area contributed by atoms with E-state index >= 15 is 0 Å². The van der Waals surface area contributed by atoms with Gasteiger partial charge in [0, 0.05) is 40.3 Å². The fourth-order valence-corrected chi connectivity index (χ4v) is 8.69. The number of para-hydroxylation sites is 1. The second kappa shape index (κ2) is 11.9. The molecule has 0 saturated carbocycles. The molecule has 6 atom stereocenters. The highest BCUT2D eigenvalue weighted by molar-refractivity contribution is 5.83. The summed E-state index contributed by atoms with van der Waals surface area (Å²) in [5, 5.41) is 0. The topological polar surface area (TPSA) is 32.3 Å². The lowest BCUT2D eigenvalue weighted by Gasteiger charge is -2.32. The lowest BCUT2D eigenvalue weighted by atomic mass is 9.80.